The molecule has 0 aromatic rings. The number of hydrogen-bond donors (Lipinski definition) is 0. The lowest BCUT2D eigenvalue weighted by Crippen LogP contribution is -2.44. The summed E-state index contributed by atoms with van der Waals surface area (Å²) in [5.41, 5.74) is 0. The molecule has 0 aromatic carbocycles. The third kappa shape index (κ3) is 11.6. The molecule has 0 aliphatic carbocycles. The molecule has 0 saturated carbocycles. The summed E-state index contributed by atoms with van der Waals surface area (Å²) in [6.07, 6.45) is -2.64. The Kier molecular flexibility index (Phi) is 19.4. The largest absolute Gasteiger partial charge is 0.262 e. The smallest absolute Gasteiger partial charge is 0.189 e. The van der Waals surface area contributed by atoms with Crippen molar-refractivity contribution in [3.8, 4) is 0 Å². The molecule has 0 heterocycles. The molecule has 0 rings (SSSR count). The van der Waals surface area contributed by atoms with Gasteiger partial charge in [-0.15, -0.1) is 0 Å². The normalized spacial score (nSPS) is 15.1. The highest BCUT2D eigenvalue weighted by atomic mass is 32.5. The van der Waals surface area contributed by atoms with E-state index in [-0.39, 0.29) is 60.4 Å². The van der Waals surface area contributed by atoms with E-state index in [1.165, 1.54) is 0 Å². The Morgan fingerprint density at radius 3 is 0.622 bits per heavy atom. The molecule has 0 amide bonds. The highest BCUT2D eigenvalue weighted by molar-refractivity contribution is 8.28. The molecule has 0 radical (unpaired) electrons. The van der Waals surface area contributed by atoms with E-state index < -0.39 is 19.2 Å². The van der Waals surface area contributed by atoms with Gasteiger partial charge in [0.1, 0.15) is 0 Å². The van der Waals surface area contributed by atoms with Crippen molar-refractivity contribution in [2.45, 2.75) is 199 Å². The molecule has 0 bridgehead atoms. The number of nitrogens with zero attached hydrogens (tertiary/aromatic N) is 7. The summed E-state index contributed by atoms with van der Waals surface area (Å²) < 4.78 is 23.3. The van der Waals surface area contributed by atoms with Crippen LogP contribution in [0.5, 0.6) is 0 Å². The molecule has 45 heavy (non-hydrogen) atoms. The molecule has 0 spiro atoms. The molecule has 7 nitrogen and oxygen atoms in total. The van der Waals surface area contributed by atoms with E-state index in [2.05, 4.69) is 174 Å². The Morgan fingerprint density at radius 1 is 0.333 bits per heavy atom. The maximum absolute atomic E-state index is 6.79. The monoisotopic (exact) mass is 743 g/mol. The van der Waals surface area contributed by atoms with Crippen molar-refractivity contribution in [3.63, 3.8) is 0 Å². The van der Waals surface area contributed by atoms with Gasteiger partial charge in [-0.25, -0.2) is 28.2 Å². The first-order valence-corrected chi connectivity index (χ1v) is 25.3. The maximum atomic E-state index is 6.79. The molecule has 0 fully saturated rings. The molecule has 0 aliphatic heterocycles. The van der Waals surface area contributed by atoms with E-state index in [0.29, 0.717) is 0 Å². The fourth-order valence-electron chi connectivity index (χ4n) is 7.02. The predicted octanol–water partition coefficient (Wildman–Crippen LogP) is 10.5. The first-order chi connectivity index (χ1) is 20.2. The zero-order valence-corrected chi connectivity index (χ0v) is 37.8. The molecular formula is C32H72N7P3S3. The Morgan fingerprint density at radius 2 is 0.489 bits per heavy atom. The average Bonchev–Trinajstić information content (AvgIpc) is 2.79. The van der Waals surface area contributed by atoms with E-state index in [4.69, 9.17) is 44.9 Å². The van der Waals surface area contributed by atoms with Gasteiger partial charge in [0.2, 0.25) is 0 Å². The molecule has 0 unspecified atom stereocenters. The molecule has 0 aliphatic rings. The summed E-state index contributed by atoms with van der Waals surface area (Å²) in [7, 11) is 0. The van der Waals surface area contributed by atoms with Gasteiger partial charge < -0.3 is 0 Å². The Labute approximate surface area is 296 Å². The van der Waals surface area contributed by atoms with Gasteiger partial charge in [-0.1, -0.05) is 11.8 Å². The maximum Gasteiger partial charge on any atom is 0.189 e. The van der Waals surface area contributed by atoms with Crippen LogP contribution < -0.4 is 0 Å². The first kappa shape index (κ1) is 46.1. The van der Waals surface area contributed by atoms with E-state index in [1.54, 1.807) is 0 Å². The van der Waals surface area contributed by atoms with Crippen LogP contribution in [-0.2, 0) is 35.4 Å². The zero-order valence-electron chi connectivity index (χ0n) is 32.6. The Balaban J connectivity index is 8.07. The quantitative estimate of drug-likeness (QED) is 0.0957. The first-order valence-electron chi connectivity index (χ1n) is 17.1. The molecule has 0 atom stereocenters. The molecule has 0 saturated heterocycles. The Hall–Kier alpha value is 1.09. The summed E-state index contributed by atoms with van der Waals surface area (Å²) in [5.74, 6) is 4.15. The van der Waals surface area contributed by atoms with Crippen molar-refractivity contribution >= 4 is 66.5 Å². The Bertz CT molecular complexity index is 942. The van der Waals surface area contributed by atoms with Crippen molar-refractivity contribution in [1.82, 2.24) is 23.4 Å². The zero-order chi connectivity index (χ0) is 36.0. The predicted molar refractivity (Wildman–Crippen MR) is 220 cm³/mol. The second-order valence-electron chi connectivity index (χ2n) is 15.0. The van der Waals surface area contributed by atoms with Crippen LogP contribution in [0.4, 0.5) is 0 Å². The summed E-state index contributed by atoms with van der Waals surface area (Å²) in [4.78, 5) is 0. The van der Waals surface area contributed by atoms with Crippen LogP contribution >= 0.6 is 19.2 Å². The highest BCUT2D eigenvalue weighted by Crippen LogP contribution is 2.63. The molecule has 13 heteroatoms. The third-order valence-corrected chi connectivity index (χ3v) is 21.4. The summed E-state index contributed by atoms with van der Waals surface area (Å²) in [5, 5.41) is 0. The highest BCUT2D eigenvalue weighted by Gasteiger charge is 2.41. The summed E-state index contributed by atoms with van der Waals surface area (Å²) >= 11 is 20.3. The summed E-state index contributed by atoms with van der Waals surface area (Å²) in [6.45, 7) is 39.4. The van der Waals surface area contributed by atoms with Crippen molar-refractivity contribution in [3.05, 3.63) is 0 Å². The topological polar surface area (TPSA) is 40.9 Å². The minimum absolute atomic E-state index is 0.194. The average molecular weight is 744 g/mol. The van der Waals surface area contributed by atoms with Crippen LogP contribution in [0.2, 0.25) is 0 Å². The van der Waals surface area contributed by atoms with E-state index in [1.807, 2.05) is 0 Å². The fraction of sp³-hybridized carbons (Fsp3) is 0.938. The van der Waals surface area contributed by atoms with Crippen LogP contribution in [0.15, 0.2) is 9.53 Å². The van der Waals surface area contributed by atoms with Crippen molar-refractivity contribution in [2.24, 2.45) is 9.53 Å². The van der Waals surface area contributed by atoms with Gasteiger partial charge in [0, 0.05) is 60.4 Å². The summed E-state index contributed by atoms with van der Waals surface area (Å²) in [6, 6.07) is 2.23. The van der Waals surface area contributed by atoms with Crippen LogP contribution in [0, 0.1) is 0 Å². The second-order valence-corrected chi connectivity index (χ2v) is 26.3. The van der Waals surface area contributed by atoms with Crippen LogP contribution in [0.25, 0.3) is 0 Å². The van der Waals surface area contributed by atoms with E-state index >= 15 is 0 Å². The van der Waals surface area contributed by atoms with E-state index in [9.17, 15) is 0 Å². The van der Waals surface area contributed by atoms with Crippen molar-refractivity contribution in [2.75, 3.05) is 0 Å². The van der Waals surface area contributed by atoms with E-state index in [0.717, 1.165) is 0 Å². The van der Waals surface area contributed by atoms with Crippen LogP contribution in [0.3, 0.4) is 0 Å². The minimum Gasteiger partial charge on any atom is -0.262 e. The molecule has 0 aromatic heterocycles. The minimum atomic E-state index is -2.64. The number of rotatable bonds is 19. The SMILES string of the molecule is CC(C)N(C(C)C)P(=S)(/C=N/P(=S)(N(C(C)C)C(C)C)N(C(C)C)C(C)C)/C=N/P(=S)(N(C(C)C)C(C)C)N(C(C)C)C(C)C. The van der Waals surface area contributed by atoms with Gasteiger partial charge in [-0.2, -0.15) is 0 Å². The fourth-order valence-corrected chi connectivity index (χ4v) is 24.0. The van der Waals surface area contributed by atoms with Gasteiger partial charge in [0.15, 0.2) is 13.0 Å². The van der Waals surface area contributed by atoms with Gasteiger partial charge in [-0.3, -0.25) is 4.67 Å². The third-order valence-electron chi connectivity index (χ3n) is 7.59. The molecular weight excluding hydrogens is 672 g/mol. The second kappa shape index (κ2) is 18.9. The lowest BCUT2D eigenvalue weighted by molar-refractivity contribution is 0.254. The van der Waals surface area contributed by atoms with Crippen LogP contribution in [0.1, 0.15) is 138 Å². The van der Waals surface area contributed by atoms with Crippen molar-refractivity contribution < 1.29 is 0 Å². The van der Waals surface area contributed by atoms with Gasteiger partial charge >= 0.3 is 0 Å². The van der Waals surface area contributed by atoms with Crippen LogP contribution in [-0.4, -0.2) is 95.7 Å². The number of hydrogen-bond acceptors (Lipinski definition) is 3. The van der Waals surface area contributed by atoms with Gasteiger partial charge in [0.05, 0.1) is 18.1 Å². The standard InChI is InChI=1S/C32H72N7P3S3/c1-23(2)35(24(3)4)40(43,21-33-41(44,36(25(5)6)26(7)8)37(27(9)10)28(11)12)22-34-42(45,38(29(13)14)30(15)16)39(31(17)18)32(19)20/h21-32H,1-20H3/b33-21+,34-22+. The van der Waals surface area contributed by atoms with Crippen molar-refractivity contribution in [1.29, 1.82) is 0 Å². The lowest BCUT2D eigenvalue weighted by atomic mass is 10.3. The lowest BCUT2D eigenvalue weighted by Gasteiger charge is -2.48. The molecule has 268 valence electrons. The molecule has 0 N–H and O–H groups in total. The van der Waals surface area contributed by atoms with Gasteiger partial charge in [0.25, 0.3) is 0 Å². The van der Waals surface area contributed by atoms with Gasteiger partial charge in [-0.05, 0) is 162 Å².